The Morgan fingerprint density at radius 3 is 3.04 bits per heavy atom. The molecule has 4 rings (SSSR count). The summed E-state index contributed by atoms with van der Waals surface area (Å²) in [6, 6.07) is 8.07. The molecule has 4 nitrogen and oxygen atoms in total. The number of carbonyl (C=O) groups is 1. The first-order chi connectivity index (χ1) is 11.6. The Labute approximate surface area is 152 Å². The topological polar surface area (TPSA) is 47.8 Å². The number of ketones is 1. The molecule has 0 atom stereocenters. The maximum absolute atomic E-state index is 12.6. The van der Waals surface area contributed by atoms with Crippen LogP contribution in [0.2, 0.25) is 0 Å². The lowest BCUT2D eigenvalue weighted by Gasteiger charge is -2.14. The number of Topliss-reactive ketones (excluding diaryl/α,β-unsaturated/α-hetero) is 1. The number of rotatable bonds is 2. The predicted octanol–water partition coefficient (Wildman–Crippen LogP) is 4.52. The van der Waals surface area contributed by atoms with Gasteiger partial charge in [-0.1, -0.05) is 28.1 Å². The van der Waals surface area contributed by atoms with Crippen LogP contribution in [0.4, 0.5) is 0 Å². The van der Waals surface area contributed by atoms with E-state index < -0.39 is 0 Å². The molecule has 0 radical (unpaired) electrons. The number of carbonyl (C=O) groups excluding carboxylic acids is 1. The molecule has 0 aliphatic heterocycles. The van der Waals surface area contributed by atoms with Gasteiger partial charge in [0.05, 0.1) is 17.5 Å². The Kier molecular flexibility index (Phi) is 3.94. The second-order valence-corrected chi connectivity index (χ2v) is 7.49. The minimum atomic E-state index is 0.0707. The van der Waals surface area contributed by atoms with Crippen LogP contribution in [-0.2, 0) is 13.5 Å². The molecule has 1 aliphatic rings. The third-order valence-electron chi connectivity index (χ3n) is 4.14. The summed E-state index contributed by atoms with van der Waals surface area (Å²) in [7, 11) is 1.88. The highest BCUT2D eigenvalue weighted by Gasteiger charge is 2.25. The van der Waals surface area contributed by atoms with E-state index in [0.717, 1.165) is 50.4 Å². The van der Waals surface area contributed by atoms with Gasteiger partial charge in [-0.15, -0.1) is 11.3 Å². The first-order valence-electron chi connectivity index (χ1n) is 7.59. The number of benzene rings is 1. The van der Waals surface area contributed by atoms with Crippen LogP contribution < -0.4 is 0 Å². The first kappa shape index (κ1) is 15.5. The molecule has 0 fully saturated rings. The van der Waals surface area contributed by atoms with E-state index in [2.05, 4.69) is 26.0 Å². The molecular formula is C18H14BrN3OS. The Morgan fingerprint density at radius 2 is 2.21 bits per heavy atom. The molecule has 0 saturated heterocycles. The molecule has 24 heavy (non-hydrogen) atoms. The van der Waals surface area contributed by atoms with E-state index in [1.807, 2.05) is 42.8 Å². The second kappa shape index (κ2) is 6.11. The van der Waals surface area contributed by atoms with Crippen molar-refractivity contribution in [3.63, 3.8) is 0 Å². The molecular weight excluding hydrogens is 386 g/mol. The lowest BCUT2D eigenvalue weighted by atomic mass is 9.91. The lowest BCUT2D eigenvalue weighted by molar-refractivity contribution is 0.102. The zero-order chi connectivity index (χ0) is 16.7. The number of aryl methyl sites for hydroxylation is 1. The van der Waals surface area contributed by atoms with Crippen LogP contribution in [0, 0.1) is 0 Å². The quantitative estimate of drug-likeness (QED) is 0.595. The van der Waals surface area contributed by atoms with Crippen molar-refractivity contribution in [3.8, 4) is 10.6 Å². The molecule has 6 heteroatoms. The maximum atomic E-state index is 12.6. The van der Waals surface area contributed by atoms with Gasteiger partial charge in [-0.05, 0) is 31.1 Å². The van der Waals surface area contributed by atoms with Crippen LogP contribution in [0.1, 0.15) is 28.2 Å². The summed E-state index contributed by atoms with van der Waals surface area (Å²) in [5.41, 5.74) is 4.46. The summed E-state index contributed by atoms with van der Waals surface area (Å²) in [6.07, 6.45) is 5.15. The van der Waals surface area contributed by atoms with Crippen molar-refractivity contribution in [1.82, 2.24) is 14.8 Å². The molecule has 0 spiro atoms. The van der Waals surface area contributed by atoms with Gasteiger partial charge in [0, 0.05) is 33.7 Å². The Bertz CT molecular complexity index is 970. The van der Waals surface area contributed by atoms with Crippen LogP contribution in [0.25, 0.3) is 16.6 Å². The van der Waals surface area contributed by atoms with Gasteiger partial charge in [-0.25, -0.2) is 4.98 Å². The summed E-state index contributed by atoms with van der Waals surface area (Å²) in [4.78, 5) is 17.3. The van der Waals surface area contributed by atoms with Gasteiger partial charge in [0.25, 0.3) is 0 Å². The smallest absolute Gasteiger partial charge is 0.192 e. The van der Waals surface area contributed by atoms with E-state index in [1.54, 1.807) is 22.2 Å². The fourth-order valence-corrected chi connectivity index (χ4v) is 4.08. The van der Waals surface area contributed by atoms with Crippen LogP contribution in [0.15, 0.2) is 45.9 Å². The van der Waals surface area contributed by atoms with Gasteiger partial charge in [0.1, 0.15) is 5.01 Å². The summed E-state index contributed by atoms with van der Waals surface area (Å²) in [6.45, 7) is 0. The van der Waals surface area contributed by atoms with Crippen LogP contribution >= 0.6 is 27.3 Å². The minimum Gasteiger partial charge on any atom is -0.289 e. The molecule has 2 heterocycles. The Balaban J connectivity index is 1.64. The van der Waals surface area contributed by atoms with Crippen molar-refractivity contribution in [2.45, 2.75) is 12.8 Å². The number of halogens is 1. The van der Waals surface area contributed by atoms with Crippen molar-refractivity contribution < 1.29 is 4.79 Å². The summed E-state index contributed by atoms with van der Waals surface area (Å²) < 4.78 is 2.82. The molecule has 1 aromatic carbocycles. The number of nitrogens with zero attached hydrogens (tertiary/aromatic N) is 3. The van der Waals surface area contributed by atoms with E-state index in [9.17, 15) is 4.79 Å². The van der Waals surface area contributed by atoms with Crippen molar-refractivity contribution >= 4 is 39.1 Å². The standard InChI is InChI=1S/C18H14BrN3OS/c1-22-16-6-5-11(17(23)15(16)9-20-22)8-14-10-24-18(21-14)12-3-2-4-13(19)7-12/h2-4,7-10H,5-6H2,1H3/b11-8+. The SMILES string of the molecule is Cn1ncc2c1CC/C(=C\c1csc(-c3cccc(Br)c3)n1)C2=O. The van der Waals surface area contributed by atoms with Gasteiger partial charge in [0.15, 0.2) is 5.78 Å². The van der Waals surface area contributed by atoms with E-state index in [0.29, 0.717) is 0 Å². The zero-order valence-electron chi connectivity index (χ0n) is 13.0. The van der Waals surface area contributed by atoms with E-state index in [4.69, 9.17) is 0 Å². The van der Waals surface area contributed by atoms with Crippen molar-refractivity contribution in [3.05, 3.63) is 62.8 Å². The largest absolute Gasteiger partial charge is 0.289 e. The molecule has 0 amide bonds. The number of fused-ring (bicyclic) bond motifs is 1. The molecule has 0 bridgehead atoms. The number of hydrogen-bond acceptors (Lipinski definition) is 4. The molecule has 120 valence electrons. The van der Waals surface area contributed by atoms with Crippen molar-refractivity contribution in [1.29, 1.82) is 0 Å². The highest BCUT2D eigenvalue weighted by atomic mass is 79.9. The number of hydrogen-bond donors (Lipinski definition) is 0. The molecule has 2 aromatic heterocycles. The van der Waals surface area contributed by atoms with Crippen molar-refractivity contribution in [2.75, 3.05) is 0 Å². The van der Waals surface area contributed by atoms with Gasteiger partial charge in [-0.3, -0.25) is 9.48 Å². The summed E-state index contributed by atoms with van der Waals surface area (Å²) in [5, 5.41) is 7.14. The Hall–Kier alpha value is -2.05. The average molecular weight is 400 g/mol. The van der Waals surface area contributed by atoms with Gasteiger partial charge >= 0.3 is 0 Å². The molecule has 0 unspecified atom stereocenters. The van der Waals surface area contributed by atoms with Crippen LogP contribution in [0.3, 0.4) is 0 Å². The highest BCUT2D eigenvalue weighted by Crippen LogP contribution is 2.29. The third kappa shape index (κ3) is 2.76. The van der Waals surface area contributed by atoms with Crippen molar-refractivity contribution in [2.24, 2.45) is 7.05 Å². The normalized spacial score (nSPS) is 15.8. The first-order valence-corrected chi connectivity index (χ1v) is 9.26. The van der Waals surface area contributed by atoms with E-state index in [-0.39, 0.29) is 5.78 Å². The lowest BCUT2D eigenvalue weighted by Crippen LogP contribution is -2.15. The predicted molar refractivity (Wildman–Crippen MR) is 99.1 cm³/mol. The number of thiazole rings is 1. The van der Waals surface area contributed by atoms with Gasteiger partial charge in [-0.2, -0.15) is 5.10 Å². The molecule has 0 saturated carbocycles. The number of aromatic nitrogens is 3. The number of allylic oxidation sites excluding steroid dienone is 1. The van der Waals surface area contributed by atoms with E-state index in [1.165, 1.54) is 0 Å². The molecule has 3 aromatic rings. The third-order valence-corrected chi connectivity index (χ3v) is 5.55. The minimum absolute atomic E-state index is 0.0707. The summed E-state index contributed by atoms with van der Waals surface area (Å²) in [5.74, 6) is 0.0707. The highest BCUT2D eigenvalue weighted by molar-refractivity contribution is 9.10. The summed E-state index contributed by atoms with van der Waals surface area (Å²) >= 11 is 5.07. The monoisotopic (exact) mass is 399 g/mol. The maximum Gasteiger partial charge on any atom is 0.192 e. The van der Waals surface area contributed by atoms with Gasteiger partial charge in [0.2, 0.25) is 0 Å². The van der Waals surface area contributed by atoms with Gasteiger partial charge < -0.3 is 0 Å². The fraction of sp³-hybridized carbons (Fsp3) is 0.167. The second-order valence-electron chi connectivity index (χ2n) is 5.72. The average Bonchev–Trinajstić information content (AvgIpc) is 3.18. The Morgan fingerprint density at radius 1 is 1.33 bits per heavy atom. The van der Waals surface area contributed by atoms with Crippen LogP contribution in [-0.4, -0.2) is 20.5 Å². The fourth-order valence-electron chi connectivity index (χ4n) is 2.91. The van der Waals surface area contributed by atoms with Crippen LogP contribution in [0.5, 0.6) is 0 Å². The van der Waals surface area contributed by atoms with E-state index >= 15 is 0 Å². The zero-order valence-corrected chi connectivity index (χ0v) is 15.4. The molecule has 0 N–H and O–H groups in total. The molecule has 1 aliphatic carbocycles.